The molecule has 0 aliphatic carbocycles. The minimum absolute atomic E-state index is 0.00809. The monoisotopic (exact) mass is 341 g/mol. The van der Waals surface area contributed by atoms with E-state index in [0.717, 1.165) is 12.1 Å². The Morgan fingerprint density at radius 3 is 2.32 bits per heavy atom. The second-order valence-corrected chi connectivity index (χ2v) is 5.16. The third-order valence-electron chi connectivity index (χ3n) is 2.62. The SMILES string of the molecule is CC(=O)Nc1ccc(OC(=O)c2cc(F)c(Cl)cc2Cl)cc1. The molecule has 0 aliphatic heterocycles. The summed E-state index contributed by atoms with van der Waals surface area (Å²) >= 11 is 11.4. The van der Waals surface area contributed by atoms with Gasteiger partial charge in [0.25, 0.3) is 0 Å². The second kappa shape index (κ2) is 6.77. The number of esters is 1. The van der Waals surface area contributed by atoms with Gasteiger partial charge in [-0.25, -0.2) is 9.18 Å². The number of anilines is 1. The predicted octanol–water partition coefficient (Wildman–Crippen LogP) is 4.31. The number of benzene rings is 2. The van der Waals surface area contributed by atoms with Gasteiger partial charge in [-0.1, -0.05) is 23.2 Å². The summed E-state index contributed by atoms with van der Waals surface area (Å²) in [5.74, 6) is -1.56. The number of hydrogen-bond acceptors (Lipinski definition) is 3. The number of ether oxygens (including phenoxy) is 1. The van der Waals surface area contributed by atoms with Crippen LogP contribution in [-0.4, -0.2) is 11.9 Å². The maximum absolute atomic E-state index is 13.4. The summed E-state index contributed by atoms with van der Waals surface area (Å²) in [5.41, 5.74) is 0.428. The molecule has 0 bridgehead atoms. The quantitative estimate of drug-likeness (QED) is 0.514. The van der Waals surface area contributed by atoms with Crippen LogP contribution in [0.2, 0.25) is 10.0 Å². The Morgan fingerprint density at radius 2 is 1.73 bits per heavy atom. The molecule has 2 aromatic rings. The van der Waals surface area contributed by atoms with E-state index in [0.29, 0.717) is 5.69 Å². The Hall–Kier alpha value is -2.11. The van der Waals surface area contributed by atoms with Crippen LogP contribution in [0.25, 0.3) is 0 Å². The highest BCUT2D eigenvalue weighted by Crippen LogP contribution is 2.26. The lowest BCUT2D eigenvalue weighted by molar-refractivity contribution is -0.114. The van der Waals surface area contributed by atoms with Crippen molar-refractivity contribution >= 4 is 40.8 Å². The largest absolute Gasteiger partial charge is 0.423 e. The van der Waals surface area contributed by atoms with E-state index in [9.17, 15) is 14.0 Å². The van der Waals surface area contributed by atoms with Crippen LogP contribution in [0.3, 0.4) is 0 Å². The summed E-state index contributed by atoms with van der Waals surface area (Å²) in [6, 6.07) is 8.16. The average molecular weight is 342 g/mol. The van der Waals surface area contributed by atoms with E-state index in [1.807, 2.05) is 0 Å². The Morgan fingerprint density at radius 1 is 1.09 bits per heavy atom. The molecule has 7 heteroatoms. The van der Waals surface area contributed by atoms with Crippen LogP contribution in [-0.2, 0) is 4.79 Å². The molecule has 0 atom stereocenters. The number of amides is 1. The second-order valence-electron chi connectivity index (χ2n) is 4.34. The molecule has 0 saturated heterocycles. The molecule has 2 aromatic carbocycles. The molecular formula is C15H10Cl2FNO3. The molecule has 0 unspecified atom stereocenters. The summed E-state index contributed by atoms with van der Waals surface area (Å²) in [7, 11) is 0. The van der Waals surface area contributed by atoms with Crippen LogP contribution in [0.4, 0.5) is 10.1 Å². The highest BCUT2D eigenvalue weighted by molar-refractivity contribution is 6.36. The first-order valence-electron chi connectivity index (χ1n) is 6.11. The smallest absolute Gasteiger partial charge is 0.345 e. The van der Waals surface area contributed by atoms with E-state index in [4.69, 9.17) is 27.9 Å². The molecule has 0 radical (unpaired) electrons. The minimum Gasteiger partial charge on any atom is -0.423 e. The standard InChI is InChI=1S/C15H10Cl2FNO3/c1-8(20)19-9-2-4-10(5-3-9)22-15(21)11-6-14(18)13(17)7-12(11)16/h2-7H,1H3,(H,19,20). The molecular weight excluding hydrogens is 332 g/mol. The van der Waals surface area contributed by atoms with Crippen molar-refractivity contribution < 1.29 is 18.7 Å². The molecule has 1 N–H and O–H groups in total. The molecule has 2 rings (SSSR count). The number of carbonyl (C=O) groups is 2. The fourth-order valence-electron chi connectivity index (χ4n) is 1.65. The van der Waals surface area contributed by atoms with Gasteiger partial charge in [0.05, 0.1) is 15.6 Å². The summed E-state index contributed by atoms with van der Waals surface area (Å²) < 4.78 is 18.5. The fourth-order valence-corrected chi connectivity index (χ4v) is 2.11. The molecule has 0 aromatic heterocycles. The van der Waals surface area contributed by atoms with Crippen LogP contribution >= 0.6 is 23.2 Å². The average Bonchev–Trinajstić information content (AvgIpc) is 2.44. The molecule has 0 saturated carbocycles. The molecule has 114 valence electrons. The van der Waals surface area contributed by atoms with Crippen LogP contribution in [0.5, 0.6) is 5.75 Å². The van der Waals surface area contributed by atoms with Gasteiger partial charge in [-0.2, -0.15) is 0 Å². The van der Waals surface area contributed by atoms with Crippen molar-refractivity contribution in [1.82, 2.24) is 0 Å². The van der Waals surface area contributed by atoms with Gasteiger partial charge in [-0.15, -0.1) is 0 Å². The lowest BCUT2D eigenvalue weighted by atomic mass is 10.2. The van der Waals surface area contributed by atoms with Crippen molar-refractivity contribution in [2.24, 2.45) is 0 Å². The first-order valence-corrected chi connectivity index (χ1v) is 6.87. The van der Waals surface area contributed by atoms with Gasteiger partial charge in [0.1, 0.15) is 11.6 Å². The van der Waals surface area contributed by atoms with E-state index < -0.39 is 11.8 Å². The number of carbonyl (C=O) groups excluding carboxylic acids is 2. The molecule has 0 heterocycles. The van der Waals surface area contributed by atoms with Crippen molar-refractivity contribution in [2.45, 2.75) is 6.92 Å². The molecule has 0 aliphatic rings. The molecule has 4 nitrogen and oxygen atoms in total. The third kappa shape index (κ3) is 3.96. The lowest BCUT2D eigenvalue weighted by Gasteiger charge is -2.08. The Bertz CT molecular complexity index is 732. The van der Waals surface area contributed by atoms with E-state index >= 15 is 0 Å². The van der Waals surface area contributed by atoms with Gasteiger partial charge in [0.15, 0.2) is 0 Å². The molecule has 0 spiro atoms. The number of rotatable bonds is 3. The fraction of sp³-hybridized carbons (Fsp3) is 0.0667. The van der Waals surface area contributed by atoms with Gasteiger partial charge in [-0.05, 0) is 36.4 Å². The van der Waals surface area contributed by atoms with Crippen molar-refractivity contribution in [1.29, 1.82) is 0 Å². The van der Waals surface area contributed by atoms with Crippen LogP contribution in [0.1, 0.15) is 17.3 Å². The maximum Gasteiger partial charge on any atom is 0.345 e. The molecule has 22 heavy (non-hydrogen) atoms. The number of hydrogen-bond donors (Lipinski definition) is 1. The first kappa shape index (κ1) is 16.3. The van der Waals surface area contributed by atoms with Crippen molar-refractivity contribution in [3.63, 3.8) is 0 Å². The zero-order valence-corrected chi connectivity index (χ0v) is 12.8. The van der Waals surface area contributed by atoms with E-state index in [2.05, 4.69) is 5.32 Å². The van der Waals surface area contributed by atoms with Gasteiger partial charge in [0, 0.05) is 12.6 Å². The van der Waals surface area contributed by atoms with Crippen molar-refractivity contribution in [2.75, 3.05) is 5.32 Å². The van der Waals surface area contributed by atoms with Gasteiger partial charge < -0.3 is 10.1 Å². The van der Waals surface area contributed by atoms with Gasteiger partial charge in [-0.3, -0.25) is 4.79 Å². The van der Waals surface area contributed by atoms with Crippen molar-refractivity contribution in [3.8, 4) is 5.75 Å². The maximum atomic E-state index is 13.4. The Balaban J connectivity index is 2.15. The van der Waals surface area contributed by atoms with E-state index in [1.54, 1.807) is 12.1 Å². The topological polar surface area (TPSA) is 55.4 Å². The summed E-state index contributed by atoms with van der Waals surface area (Å²) in [6.45, 7) is 1.38. The molecule has 0 fully saturated rings. The molecule has 1 amide bonds. The Kier molecular flexibility index (Phi) is 5.00. The summed E-state index contributed by atoms with van der Waals surface area (Å²) in [6.07, 6.45) is 0. The zero-order chi connectivity index (χ0) is 16.3. The first-order chi connectivity index (χ1) is 10.4. The third-order valence-corrected chi connectivity index (χ3v) is 3.22. The zero-order valence-electron chi connectivity index (χ0n) is 11.3. The highest BCUT2D eigenvalue weighted by atomic mass is 35.5. The minimum atomic E-state index is -0.812. The summed E-state index contributed by atoms with van der Waals surface area (Å²) in [5, 5.41) is 2.39. The van der Waals surface area contributed by atoms with E-state index in [-0.39, 0.29) is 27.3 Å². The number of nitrogens with one attached hydrogen (secondary N) is 1. The normalized spacial score (nSPS) is 10.2. The summed E-state index contributed by atoms with van der Waals surface area (Å²) in [4.78, 5) is 22.9. The van der Waals surface area contributed by atoms with Crippen LogP contribution in [0.15, 0.2) is 36.4 Å². The lowest BCUT2D eigenvalue weighted by Crippen LogP contribution is -2.10. The van der Waals surface area contributed by atoms with Crippen LogP contribution in [0, 0.1) is 5.82 Å². The van der Waals surface area contributed by atoms with Crippen molar-refractivity contribution in [3.05, 3.63) is 57.8 Å². The predicted molar refractivity (Wildman–Crippen MR) is 82.1 cm³/mol. The van der Waals surface area contributed by atoms with E-state index in [1.165, 1.54) is 19.1 Å². The van der Waals surface area contributed by atoms with Gasteiger partial charge in [0.2, 0.25) is 5.91 Å². The highest BCUT2D eigenvalue weighted by Gasteiger charge is 2.16. The number of halogens is 3. The van der Waals surface area contributed by atoms with Crippen LogP contribution < -0.4 is 10.1 Å². The van der Waals surface area contributed by atoms with Gasteiger partial charge >= 0.3 is 5.97 Å². The Labute approximate surface area is 135 Å².